The molecule has 32 heavy (non-hydrogen) atoms. The van der Waals surface area contributed by atoms with Crippen molar-refractivity contribution in [2.24, 2.45) is 0 Å². The summed E-state index contributed by atoms with van der Waals surface area (Å²) < 4.78 is 7.08. The van der Waals surface area contributed by atoms with Crippen LogP contribution in [0, 0.1) is 0 Å². The highest BCUT2D eigenvalue weighted by atomic mass is 16.4. The molecule has 8 heteroatoms. The molecule has 1 aliphatic rings. The second-order valence-corrected chi connectivity index (χ2v) is 7.78. The molecule has 8 nitrogen and oxygen atoms in total. The SMILES string of the molecule is CCC1(c2ccc(NC(=O)c3ccc(Cn4ccccc4=O)o3)cc2)CCC(=O)NC1=O. The number of benzene rings is 1. The van der Waals surface area contributed by atoms with Crippen molar-refractivity contribution in [3.05, 3.63) is 88.2 Å². The number of nitrogens with one attached hydrogen (secondary N) is 2. The van der Waals surface area contributed by atoms with E-state index >= 15 is 0 Å². The molecule has 2 aromatic heterocycles. The second-order valence-electron chi connectivity index (χ2n) is 7.78. The molecule has 0 bridgehead atoms. The minimum absolute atomic E-state index is 0.128. The zero-order valence-corrected chi connectivity index (χ0v) is 17.6. The van der Waals surface area contributed by atoms with E-state index in [2.05, 4.69) is 10.6 Å². The van der Waals surface area contributed by atoms with E-state index in [0.29, 0.717) is 30.7 Å². The van der Waals surface area contributed by atoms with Gasteiger partial charge in [-0.15, -0.1) is 0 Å². The van der Waals surface area contributed by atoms with Gasteiger partial charge < -0.3 is 14.3 Å². The first kappa shape index (κ1) is 21.3. The number of piperidine rings is 1. The van der Waals surface area contributed by atoms with Gasteiger partial charge in [-0.2, -0.15) is 0 Å². The first-order chi connectivity index (χ1) is 15.4. The molecule has 3 heterocycles. The van der Waals surface area contributed by atoms with Gasteiger partial charge >= 0.3 is 0 Å². The maximum absolute atomic E-state index is 12.6. The van der Waals surface area contributed by atoms with E-state index in [0.717, 1.165) is 5.56 Å². The summed E-state index contributed by atoms with van der Waals surface area (Å²) in [6.07, 6.45) is 2.97. The summed E-state index contributed by atoms with van der Waals surface area (Å²) in [5, 5.41) is 5.20. The van der Waals surface area contributed by atoms with Crippen LogP contribution in [-0.4, -0.2) is 22.3 Å². The fraction of sp³-hybridized carbons (Fsp3) is 0.250. The van der Waals surface area contributed by atoms with Crippen molar-refractivity contribution in [1.82, 2.24) is 9.88 Å². The number of furan rings is 1. The summed E-state index contributed by atoms with van der Waals surface area (Å²) in [6, 6.07) is 15.1. The molecule has 1 aromatic carbocycles. The fourth-order valence-corrected chi connectivity index (χ4v) is 3.98. The van der Waals surface area contributed by atoms with E-state index in [4.69, 9.17) is 4.42 Å². The average molecular weight is 433 g/mol. The smallest absolute Gasteiger partial charge is 0.291 e. The van der Waals surface area contributed by atoms with Gasteiger partial charge in [0.15, 0.2) is 5.76 Å². The lowest BCUT2D eigenvalue weighted by Crippen LogP contribution is -2.51. The van der Waals surface area contributed by atoms with Crippen LogP contribution >= 0.6 is 0 Å². The van der Waals surface area contributed by atoms with Crippen LogP contribution in [0.4, 0.5) is 5.69 Å². The Morgan fingerprint density at radius 1 is 1.09 bits per heavy atom. The third kappa shape index (κ3) is 4.12. The molecule has 4 rings (SSSR count). The highest BCUT2D eigenvalue weighted by Gasteiger charge is 2.42. The standard InChI is InChI=1S/C24H23N3O5/c1-2-24(13-12-20(28)26-23(24)31)16-6-8-17(9-7-16)25-22(30)19-11-10-18(32-19)15-27-14-4-3-5-21(27)29/h3-11,14H,2,12-13,15H2,1H3,(H,25,30)(H,26,28,31). The molecular formula is C24H23N3O5. The Balaban J connectivity index is 1.45. The highest BCUT2D eigenvalue weighted by Crippen LogP contribution is 2.36. The maximum Gasteiger partial charge on any atom is 0.291 e. The lowest BCUT2D eigenvalue weighted by Gasteiger charge is -2.35. The number of aromatic nitrogens is 1. The number of imide groups is 1. The maximum atomic E-state index is 12.6. The van der Waals surface area contributed by atoms with Gasteiger partial charge in [0.25, 0.3) is 11.5 Å². The number of amides is 3. The Labute approximate surface area is 184 Å². The summed E-state index contributed by atoms with van der Waals surface area (Å²) in [6.45, 7) is 2.15. The van der Waals surface area contributed by atoms with Gasteiger partial charge in [-0.1, -0.05) is 25.1 Å². The minimum Gasteiger partial charge on any atom is -0.454 e. The van der Waals surface area contributed by atoms with Crippen molar-refractivity contribution in [2.75, 3.05) is 5.32 Å². The van der Waals surface area contributed by atoms with E-state index in [1.165, 1.54) is 10.6 Å². The molecule has 0 saturated carbocycles. The van der Waals surface area contributed by atoms with Gasteiger partial charge in [0.1, 0.15) is 5.76 Å². The molecular weight excluding hydrogens is 410 g/mol. The van der Waals surface area contributed by atoms with Crippen molar-refractivity contribution < 1.29 is 18.8 Å². The van der Waals surface area contributed by atoms with Crippen LogP contribution in [-0.2, 0) is 21.5 Å². The van der Waals surface area contributed by atoms with E-state index in [9.17, 15) is 19.2 Å². The predicted octanol–water partition coefficient (Wildman–Crippen LogP) is 2.83. The number of carbonyl (C=O) groups excluding carboxylic acids is 3. The highest BCUT2D eigenvalue weighted by molar-refractivity contribution is 6.04. The topological polar surface area (TPSA) is 110 Å². The van der Waals surface area contributed by atoms with Crippen molar-refractivity contribution in [2.45, 2.75) is 38.1 Å². The molecule has 1 atom stereocenters. The molecule has 1 aliphatic heterocycles. The predicted molar refractivity (Wildman–Crippen MR) is 117 cm³/mol. The average Bonchev–Trinajstić information content (AvgIpc) is 3.25. The molecule has 164 valence electrons. The van der Waals surface area contributed by atoms with Gasteiger partial charge in [0.2, 0.25) is 11.8 Å². The zero-order valence-electron chi connectivity index (χ0n) is 17.6. The number of rotatable bonds is 6. The first-order valence-corrected chi connectivity index (χ1v) is 10.4. The van der Waals surface area contributed by atoms with Crippen LogP contribution in [0.2, 0.25) is 0 Å². The summed E-state index contributed by atoms with van der Waals surface area (Å²) >= 11 is 0. The monoisotopic (exact) mass is 433 g/mol. The van der Waals surface area contributed by atoms with Crippen LogP contribution in [0.15, 0.2) is 70.0 Å². The number of hydrogen-bond acceptors (Lipinski definition) is 5. The van der Waals surface area contributed by atoms with Crippen LogP contribution in [0.1, 0.15) is 48.1 Å². The third-order valence-electron chi connectivity index (χ3n) is 5.88. The number of carbonyl (C=O) groups is 3. The lowest BCUT2D eigenvalue weighted by atomic mass is 9.72. The van der Waals surface area contributed by atoms with Gasteiger partial charge in [-0.05, 0) is 48.7 Å². The zero-order chi connectivity index (χ0) is 22.7. The van der Waals surface area contributed by atoms with Crippen LogP contribution < -0.4 is 16.2 Å². The van der Waals surface area contributed by atoms with E-state index in [-0.39, 0.29) is 29.7 Å². The fourth-order valence-electron chi connectivity index (χ4n) is 3.98. The van der Waals surface area contributed by atoms with Crippen molar-refractivity contribution in [3.8, 4) is 0 Å². The molecule has 1 unspecified atom stereocenters. The van der Waals surface area contributed by atoms with E-state index < -0.39 is 11.3 Å². The molecule has 0 aliphatic carbocycles. The van der Waals surface area contributed by atoms with Gasteiger partial charge in [0.05, 0.1) is 12.0 Å². The quantitative estimate of drug-likeness (QED) is 0.581. The molecule has 2 N–H and O–H groups in total. The molecule has 1 saturated heterocycles. The Bertz CT molecular complexity index is 1220. The summed E-state index contributed by atoms with van der Waals surface area (Å²) in [4.78, 5) is 48.5. The lowest BCUT2D eigenvalue weighted by molar-refractivity contribution is -0.138. The van der Waals surface area contributed by atoms with Gasteiger partial charge in [-0.25, -0.2) is 0 Å². The largest absolute Gasteiger partial charge is 0.454 e. The minimum atomic E-state index is -0.748. The van der Waals surface area contributed by atoms with Crippen molar-refractivity contribution in [1.29, 1.82) is 0 Å². The third-order valence-corrected chi connectivity index (χ3v) is 5.88. The Kier molecular flexibility index (Phi) is 5.77. The van der Waals surface area contributed by atoms with Gasteiger partial charge in [-0.3, -0.25) is 24.5 Å². The van der Waals surface area contributed by atoms with Crippen LogP contribution in [0.3, 0.4) is 0 Å². The molecule has 3 amide bonds. The number of anilines is 1. The Morgan fingerprint density at radius 2 is 1.88 bits per heavy atom. The van der Waals surface area contributed by atoms with Crippen molar-refractivity contribution in [3.63, 3.8) is 0 Å². The van der Waals surface area contributed by atoms with E-state index in [1.807, 2.05) is 6.92 Å². The van der Waals surface area contributed by atoms with Crippen molar-refractivity contribution >= 4 is 23.4 Å². The number of pyridine rings is 1. The molecule has 1 fully saturated rings. The summed E-state index contributed by atoms with van der Waals surface area (Å²) in [7, 11) is 0. The number of nitrogens with zero attached hydrogens (tertiary/aromatic N) is 1. The first-order valence-electron chi connectivity index (χ1n) is 10.4. The summed E-state index contributed by atoms with van der Waals surface area (Å²) in [5.41, 5.74) is 0.448. The normalized spacial score (nSPS) is 18.3. The molecule has 0 spiro atoms. The van der Waals surface area contributed by atoms with Gasteiger partial charge in [0, 0.05) is 24.4 Å². The molecule has 0 radical (unpaired) electrons. The second kappa shape index (κ2) is 8.66. The van der Waals surface area contributed by atoms with Crippen LogP contribution in [0.25, 0.3) is 0 Å². The molecule has 3 aromatic rings. The number of hydrogen-bond donors (Lipinski definition) is 2. The Hall–Kier alpha value is -3.94. The summed E-state index contributed by atoms with van der Waals surface area (Å²) in [5.74, 6) is -0.341. The Morgan fingerprint density at radius 3 is 2.56 bits per heavy atom. The van der Waals surface area contributed by atoms with Crippen LogP contribution in [0.5, 0.6) is 0 Å². The van der Waals surface area contributed by atoms with E-state index in [1.54, 1.807) is 54.7 Å².